The molecule has 128 valence electrons. The monoisotopic (exact) mass is 300 g/mol. The Balaban J connectivity index is 4.73. The maximum atomic E-state index is 5.91. The number of ether oxygens (including phenoxy) is 2. The maximum absolute atomic E-state index is 5.91. The second-order valence-corrected chi connectivity index (χ2v) is 7.76. The minimum Gasteiger partial charge on any atom is -0.353 e. The van der Waals surface area contributed by atoms with Gasteiger partial charge in [0, 0.05) is 26.1 Å². The molecule has 0 saturated carbocycles. The van der Waals surface area contributed by atoms with E-state index in [0.29, 0.717) is 11.8 Å². The maximum Gasteiger partial charge on any atom is 0.173 e. The fourth-order valence-corrected chi connectivity index (χ4v) is 3.61. The van der Waals surface area contributed by atoms with Crippen LogP contribution in [0.4, 0.5) is 0 Å². The second kappa shape index (κ2) is 9.84. The van der Waals surface area contributed by atoms with E-state index < -0.39 is 5.79 Å². The molecule has 1 atom stereocenters. The van der Waals surface area contributed by atoms with Gasteiger partial charge in [0.05, 0.1) is 0 Å². The summed E-state index contributed by atoms with van der Waals surface area (Å²) in [5.41, 5.74) is 0.180. The molecule has 0 bridgehead atoms. The Kier molecular flexibility index (Phi) is 9.80. The van der Waals surface area contributed by atoms with Gasteiger partial charge < -0.3 is 9.47 Å². The van der Waals surface area contributed by atoms with E-state index in [2.05, 4.69) is 41.5 Å². The van der Waals surface area contributed by atoms with Crippen molar-refractivity contribution >= 4 is 0 Å². The Labute approximate surface area is 134 Å². The quantitative estimate of drug-likeness (QED) is 0.342. The van der Waals surface area contributed by atoms with E-state index in [0.717, 1.165) is 0 Å². The van der Waals surface area contributed by atoms with E-state index in [-0.39, 0.29) is 5.41 Å². The predicted molar refractivity (Wildman–Crippen MR) is 92.5 cm³/mol. The summed E-state index contributed by atoms with van der Waals surface area (Å²) in [6.45, 7) is 13.6. The first-order valence-electron chi connectivity index (χ1n) is 8.86. The van der Waals surface area contributed by atoms with Crippen LogP contribution in [0.1, 0.15) is 86.5 Å². The van der Waals surface area contributed by atoms with Crippen molar-refractivity contribution in [2.75, 3.05) is 14.2 Å². The molecule has 0 aromatic heterocycles. The highest BCUT2D eigenvalue weighted by molar-refractivity contribution is 4.89. The molecule has 0 spiro atoms. The van der Waals surface area contributed by atoms with Gasteiger partial charge in [0.25, 0.3) is 0 Å². The summed E-state index contributed by atoms with van der Waals surface area (Å²) in [5, 5.41) is 0. The normalized spacial score (nSPS) is 14.7. The first kappa shape index (κ1) is 20.9. The van der Waals surface area contributed by atoms with Crippen LogP contribution >= 0.6 is 0 Å². The van der Waals surface area contributed by atoms with Crippen LogP contribution in [-0.2, 0) is 9.47 Å². The van der Waals surface area contributed by atoms with E-state index >= 15 is 0 Å². The molecule has 0 aliphatic heterocycles. The first-order chi connectivity index (χ1) is 9.76. The molecule has 0 radical (unpaired) electrons. The zero-order chi connectivity index (χ0) is 16.5. The van der Waals surface area contributed by atoms with Crippen molar-refractivity contribution in [3.8, 4) is 0 Å². The fourth-order valence-electron chi connectivity index (χ4n) is 3.61. The average molecular weight is 301 g/mol. The van der Waals surface area contributed by atoms with Crippen LogP contribution in [0.25, 0.3) is 0 Å². The summed E-state index contributed by atoms with van der Waals surface area (Å²) in [6, 6.07) is 0. The lowest BCUT2D eigenvalue weighted by Crippen LogP contribution is -2.51. The van der Waals surface area contributed by atoms with Crippen molar-refractivity contribution in [2.45, 2.75) is 92.3 Å². The summed E-state index contributed by atoms with van der Waals surface area (Å²) < 4.78 is 11.8. The minimum absolute atomic E-state index is 0.180. The second-order valence-electron chi connectivity index (χ2n) is 7.76. The number of hydrogen-bond acceptors (Lipinski definition) is 2. The lowest BCUT2D eigenvalue weighted by Gasteiger charge is -2.47. The number of unbranched alkanes of at least 4 members (excludes halogenated alkanes) is 5. The van der Waals surface area contributed by atoms with Crippen LogP contribution in [-0.4, -0.2) is 20.0 Å². The van der Waals surface area contributed by atoms with Gasteiger partial charge in [0.2, 0.25) is 0 Å². The molecule has 0 N–H and O–H groups in total. The Morgan fingerprint density at radius 2 is 1.29 bits per heavy atom. The van der Waals surface area contributed by atoms with Gasteiger partial charge in [-0.2, -0.15) is 0 Å². The summed E-state index contributed by atoms with van der Waals surface area (Å²) in [6.07, 6.45) is 9.19. The Hall–Kier alpha value is -0.0800. The van der Waals surface area contributed by atoms with Gasteiger partial charge in [-0.3, -0.25) is 0 Å². The highest BCUT2D eigenvalue weighted by Crippen LogP contribution is 2.44. The average Bonchev–Trinajstić information content (AvgIpc) is 2.40. The molecule has 0 saturated heterocycles. The minimum atomic E-state index is -0.471. The van der Waals surface area contributed by atoms with E-state index in [1.165, 1.54) is 44.9 Å². The summed E-state index contributed by atoms with van der Waals surface area (Å²) in [5.74, 6) is 0.282. The zero-order valence-electron chi connectivity index (χ0n) is 15.9. The summed E-state index contributed by atoms with van der Waals surface area (Å²) in [7, 11) is 3.59. The molecule has 0 fully saturated rings. The Morgan fingerprint density at radius 1 is 0.810 bits per heavy atom. The third kappa shape index (κ3) is 6.28. The van der Waals surface area contributed by atoms with Gasteiger partial charge in [0.1, 0.15) is 0 Å². The van der Waals surface area contributed by atoms with Gasteiger partial charge in [-0.25, -0.2) is 0 Å². The third-order valence-corrected chi connectivity index (χ3v) is 4.82. The highest BCUT2D eigenvalue weighted by atomic mass is 16.7. The van der Waals surface area contributed by atoms with Crippen LogP contribution in [0, 0.1) is 17.3 Å². The first-order valence-corrected chi connectivity index (χ1v) is 8.86. The van der Waals surface area contributed by atoms with Crippen molar-refractivity contribution in [3.05, 3.63) is 0 Å². The van der Waals surface area contributed by atoms with Crippen LogP contribution in [0.15, 0.2) is 0 Å². The fraction of sp³-hybridized carbons (Fsp3) is 1.00. The van der Waals surface area contributed by atoms with E-state index in [1.54, 1.807) is 14.2 Å². The molecule has 0 aliphatic rings. The molecule has 0 amide bonds. The largest absolute Gasteiger partial charge is 0.353 e. The lowest BCUT2D eigenvalue weighted by molar-refractivity contribution is -0.283. The molecular weight excluding hydrogens is 260 g/mol. The molecule has 2 nitrogen and oxygen atoms in total. The molecule has 2 heteroatoms. The van der Waals surface area contributed by atoms with Crippen molar-refractivity contribution in [2.24, 2.45) is 17.3 Å². The van der Waals surface area contributed by atoms with E-state index in [4.69, 9.17) is 9.47 Å². The van der Waals surface area contributed by atoms with Gasteiger partial charge in [-0.05, 0) is 11.8 Å². The van der Waals surface area contributed by atoms with Crippen LogP contribution in [0.5, 0.6) is 0 Å². The van der Waals surface area contributed by atoms with Crippen molar-refractivity contribution in [1.29, 1.82) is 0 Å². The molecule has 0 aromatic carbocycles. The number of methoxy groups -OCH3 is 2. The van der Waals surface area contributed by atoms with E-state index in [9.17, 15) is 0 Å². The van der Waals surface area contributed by atoms with Crippen LogP contribution in [0.3, 0.4) is 0 Å². The summed E-state index contributed by atoms with van der Waals surface area (Å²) in [4.78, 5) is 0. The van der Waals surface area contributed by atoms with Gasteiger partial charge in [-0.15, -0.1) is 0 Å². The zero-order valence-corrected chi connectivity index (χ0v) is 15.9. The predicted octanol–water partition coefficient (Wildman–Crippen LogP) is 6.04. The highest BCUT2D eigenvalue weighted by Gasteiger charge is 2.47. The topological polar surface area (TPSA) is 18.5 Å². The Bertz CT molecular complexity index is 249. The molecule has 0 rings (SSSR count). The smallest absolute Gasteiger partial charge is 0.173 e. The lowest BCUT2D eigenvalue weighted by atomic mass is 9.69. The van der Waals surface area contributed by atoms with E-state index in [1.807, 2.05) is 0 Å². The van der Waals surface area contributed by atoms with Crippen molar-refractivity contribution in [3.63, 3.8) is 0 Å². The molecule has 0 heterocycles. The molecule has 0 aliphatic carbocycles. The van der Waals surface area contributed by atoms with Gasteiger partial charge in [-0.1, -0.05) is 80.1 Å². The van der Waals surface area contributed by atoms with Gasteiger partial charge >= 0.3 is 0 Å². The number of hydrogen-bond donors (Lipinski definition) is 0. The summed E-state index contributed by atoms with van der Waals surface area (Å²) >= 11 is 0. The van der Waals surface area contributed by atoms with Crippen molar-refractivity contribution < 1.29 is 9.47 Å². The Morgan fingerprint density at radius 3 is 1.67 bits per heavy atom. The number of rotatable bonds is 11. The SMILES string of the molecule is CCCCCCCCC(C(C)(C)C)C(OC)(OC)C(C)C. The molecule has 21 heavy (non-hydrogen) atoms. The molecule has 1 unspecified atom stereocenters. The standard InChI is InChI=1S/C19H40O2/c1-9-10-11-12-13-14-15-17(18(4,5)6)19(20-7,21-8)16(2)3/h16-17H,9-15H2,1-8H3. The molecular formula is C19H40O2. The molecule has 0 aromatic rings. The van der Waals surface area contributed by atoms with Crippen molar-refractivity contribution in [1.82, 2.24) is 0 Å². The van der Waals surface area contributed by atoms with Gasteiger partial charge in [0.15, 0.2) is 5.79 Å². The third-order valence-electron chi connectivity index (χ3n) is 4.82. The van der Waals surface area contributed by atoms with Crippen LogP contribution in [0.2, 0.25) is 0 Å². The van der Waals surface area contributed by atoms with Crippen LogP contribution < -0.4 is 0 Å².